The third kappa shape index (κ3) is 4.10. The molecule has 0 saturated carbocycles. The molecule has 6 heteroatoms. The summed E-state index contributed by atoms with van der Waals surface area (Å²) < 4.78 is 23.4. The van der Waals surface area contributed by atoms with Gasteiger partial charge in [0.15, 0.2) is 6.61 Å². The first-order chi connectivity index (χ1) is 10.1. The van der Waals surface area contributed by atoms with Crippen LogP contribution < -0.4 is 20.5 Å². The Balaban J connectivity index is 1.96. The predicted octanol–water partition coefficient (Wildman–Crippen LogP) is 2.43. The van der Waals surface area contributed by atoms with Crippen LogP contribution >= 0.6 is 0 Å². The zero-order valence-corrected chi connectivity index (χ0v) is 11.4. The van der Waals surface area contributed by atoms with E-state index in [9.17, 15) is 9.18 Å². The van der Waals surface area contributed by atoms with E-state index in [2.05, 4.69) is 5.32 Å². The highest BCUT2D eigenvalue weighted by Crippen LogP contribution is 2.24. The van der Waals surface area contributed by atoms with Crippen molar-refractivity contribution in [1.29, 1.82) is 0 Å². The van der Waals surface area contributed by atoms with E-state index in [1.54, 1.807) is 24.3 Å². The summed E-state index contributed by atoms with van der Waals surface area (Å²) >= 11 is 0. The minimum Gasteiger partial charge on any atom is -0.494 e. The lowest BCUT2D eigenvalue weighted by Crippen LogP contribution is -2.20. The molecule has 0 heterocycles. The highest BCUT2D eigenvalue weighted by atomic mass is 19.1. The molecule has 2 aromatic carbocycles. The van der Waals surface area contributed by atoms with Gasteiger partial charge in [0.2, 0.25) is 0 Å². The molecule has 110 valence electrons. The molecule has 0 spiro atoms. The number of hydrogen-bond donors (Lipinski definition) is 2. The molecular formula is C15H15FN2O3. The molecular weight excluding hydrogens is 275 g/mol. The number of anilines is 2. The standard InChI is InChI=1S/C15H15FN2O3/c1-20-14-7-10(16)5-6-13(14)18-15(19)9-21-12-4-2-3-11(17)8-12/h2-8H,9,17H2,1H3,(H,18,19). The van der Waals surface area contributed by atoms with Gasteiger partial charge in [-0.25, -0.2) is 4.39 Å². The molecule has 2 rings (SSSR count). The highest BCUT2D eigenvalue weighted by Gasteiger charge is 2.09. The second-order valence-corrected chi connectivity index (χ2v) is 4.25. The summed E-state index contributed by atoms with van der Waals surface area (Å²) in [6, 6.07) is 10.6. The first kappa shape index (κ1) is 14.6. The summed E-state index contributed by atoms with van der Waals surface area (Å²) in [4.78, 5) is 11.8. The van der Waals surface area contributed by atoms with E-state index in [0.29, 0.717) is 17.1 Å². The van der Waals surface area contributed by atoms with Crippen LogP contribution in [0.4, 0.5) is 15.8 Å². The van der Waals surface area contributed by atoms with Crippen molar-refractivity contribution in [1.82, 2.24) is 0 Å². The summed E-state index contributed by atoms with van der Waals surface area (Å²) in [5, 5.41) is 2.59. The van der Waals surface area contributed by atoms with E-state index in [0.717, 1.165) is 0 Å². The maximum Gasteiger partial charge on any atom is 0.262 e. The lowest BCUT2D eigenvalue weighted by Gasteiger charge is -2.11. The molecule has 0 atom stereocenters. The fourth-order valence-electron chi connectivity index (χ4n) is 1.71. The van der Waals surface area contributed by atoms with E-state index in [1.165, 1.54) is 25.3 Å². The van der Waals surface area contributed by atoms with Crippen LogP contribution in [0.25, 0.3) is 0 Å². The van der Waals surface area contributed by atoms with Gasteiger partial charge in [0.1, 0.15) is 17.3 Å². The fraction of sp³-hybridized carbons (Fsp3) is 0.133. The van der Waals surface area contributed by atoms with E-state index < -0.39 is 5.82 Å². The molecule has 0 bridgehead atoms. The first-order valence-corrected chi connectivity index (χ1v) is 6.20. The molecule has 0 aliphatic carbocycles. The van der Waals surface area contributed by atoms with Crippen LogP contribution in [0.3, 0.4) is 0 Å². The van der Waals surface area contributed by atoms with Crippen molar-refractivity contribution in [3.8, 4) is 11.5 Å². The SMILES string of the molecule is COc1cc(F)ccc1NC(=O)COc1cccc(N)c1. The highest BCUT2D eigenvalue weighted by molar-refractivity contribution is 5.93. The minimum absolute atomic E-state index is 0.190. The van der Waals surface area contributed by atoms with Crippen molar-refractivity contribution >= 4 is 17.3 Å². The van der Waals surface area contributed by atoms with Gasteiger partial charge in [-0.2, -0.15) is 0 Å². The van der Waals surface area contributed by atoms with Crippen molar-refractivity contribution < 1.29 is 18.7 Å². The monoisotopic (exact) mass is 290 g/mol. The molecule has 0 aliphatic rings. The maximum absolute atomic E-state index is 13.0. The average molecular weight is 290 g/mol. The molecule has 0 aliphatic heterocycles. The molecule has 0 aromatic heterocycles. The molecule has 0 unspecified atom stereocenters. The Morgan fingerprint density at radius 3 is 2.81 bits per heavy atom. The Labute approximate surface area is 121 Å². The quantitative estimate of drug-likeness (QED) is 0.829. The molecule has 5 nitrogen and oxygen atoms in total. The number of amides is 1. The van der Waals surface area contributed by atoms with E-state index in [-0.39, 0.29) is 18.3 Å². The van der Waals surface area contributed by atoms with Gasteiger partial charge in [-0.3, -0.25) is 4.79 Å². The fourth-order valence-corrected chi connectivity index (χ4v) is 1.71. The van der Waals surface area contributed by atoms with Gasteiger partial charge in [-0.1, -0.05) is 6.07 Å². The number of nitrogens with two attached hydrogens (primary N) is 1. The summed E-state index contributed by atoms with van der Waals surface area (Å²) in [6.07, 6.45) is 0. The van der Waals surface area contributed by atoms with Gasteiger partial charge in [0, 0.05) is 17.8 Å². The van der Waals surface area contributed by atoms with Gasteiger partial charge < -0.3 is 20.5 Å². The van der Waals surface area contributed by atoms with Crippen molar-refractivity contribution in [3.05, 3.63) is 48.3 Å². The van der Waals surface area contributed by atoms with Gasteiger partial charge in [-0.05, 0) is 24.3 Å². The van der Waals surface area contributed by atoms with Crippen molar-refractivity contribution in [3.63, 3.8) is 0 Å². The Bertz CT molecular complexity index is 647. The number of benzene rings is 2. The summed E-state index contributed by atoms with van der Waals surface area (Å²) in [5.74, 6) is -0.0910. The van der Waals surface area contributed by atoms with E-state index in [1.807, 2.05) is 0 Å². The summed E-state index contributed by atoms with van der Waals surface area (Å²) in [5.41, 5.74) is 6.53. The molecule has 3 N–H and O–H groups in total. The zero-order chi connectivity index (χ0) is 15.2. The number of halogens is 1. The van der Waals surface area contributed by atoms with E-state index in [4.69, 9.17) is 15.2 Å². The number of carbonyl (C=O) groups is 1. The minimum atomic E-state index is -0.444. The Hall–Kier alpha value is -2.76. The van der Waals surface area contributed by atoms with Crippen LogP contribution in [0, 0.1) is 5.82 Å². The lowest BCUT2D eigenvalue weighted by atomic mass is 10.3. The van der Waals surface area contributed by atoms with Crippen LogP contribution in [0.15, 0.2) is 42.5 Å². The van der Waals surface area contributed by atoms with Gasteiger partial charge in [0.25, 0.3) is 5.91 Å². The predicted molar refractivity (Wildman–Crippen MR) is 77.9 cm³/mol. The van der Waals surface area contributed by atoms with Crippen LogP contribution in [0.1, 0.15) is 0 Å². The Morgan fingerprint density at radius 1 is 1.29 bits per heavy atom. The van der Waals surface area contributed by atoms with E-state index >= 15 is 0 Å². The largest absolute Gasteiger partial charge is 0.494 e. The first-order valence-electron chi connectivity index (χ1n) is 6.20. The van der Waals surface area contributed by atoms with Crippen molar-refractivity contribution in [2.45, 2.75) is 0 Å². The number of ether oxygens (including phenoxy) is 2. The number of methoxy groups -OCH3 is 1. The second kappa shape index (κ2) is 6.60. The number of rotatable bonds is 5. The number of carbonyl (C=O) groups excluding carboxylic acids is 1. The molecule has 0 radical (unpaired) electrons. The van der Waals surface area contributed by atoms with Gasteiger partial charge in [0.05, 0.1) is 12.8 Å². The smallest absolute Gasteiger partial charge is 0.262 e. The Morgan fingerprint density at radius 2 is 2.10 bits per heavy atom. The van der Waals surface area contributed by atoms with Crippen molar-refractivity contribution in [2.75, 3.05) is 24.8 Å². The van der Waals surface area contributed by atoms with Gasteiger partial charge >= 0.3 is 0 Å². The molecule has 21 heavy (non-hydrogen) atoms. The number of hydrogen-bond acceptors (Lipinski definition) is 4. The Kier molecular flexibility index (Phi) is 4.61. The summed E-state index contributed by atoms with van der Waals surface area (Å²) in [7, 11) is 1.40. The van der Waals surface area contributed by atoms with Crippen LogP contribution in [-0.2, 0) is 4.79 Å². The molecule has 2 aromatic rings. The number of nitrogens with one attached hydrogen (secondary N) is 1. The summed E-state index contributed by atoms with van der Waals surface area (Å²) in [6.45, 7) is -0.190. The molecule has 0 fully saturated rings. The van der Waals surface area contributed by atoms with Crippen LogP contribution in [0.2, 0.25) is 0 Å². The topological polar surface area (TPSA) is 73.6 Å². The van der Waals surface area contributed by atoms with Crippen molar-refractivity contribution in [2.24, 2.45) is 0 Å². The molecule has 0 saturated heterocycles. The zero-order valence-electron chi connectivity index (χ0n) is 11.4. The normalized spacial score (nSPS) is 10.0. The second-order valence-electron chi connectivity index (χ2n) is 4.25. The molecule has 1 amide bonds. The maximum atomic E-state index is 13.0. The average Bonchev–Trinajstić information content (AvgIpc) is 2.47. The lowest BCUT2D eigenvalue weighted by molar-refractivity contribution is -0.118. The third-order valence-electron chi connectivity index (χ3n) is 2.67. The van der Waals surface area contributed by atoms with Crippen LogP contribution in [0.5, 0.6) is 11.5 Å². The van der Waals surface area contributed by atoms with Crippen LogP contribution in [-0.4, -0.2) is 19.6 Å². The third-order valence-corrected chi connectivity index (χ3v) is 2.67. The number of nitrogen functional groups attached to an aromatic ring is 1. The van der Waals surface area contributed by atoms with Gasteiger partial charge in [-0.15, -0.1) is 0 Å².